The smallest absolute Gasteiger partial charge is 0.307 e. The molecular formula is C17H25N5O2S. The molecule has 25 heavy (non-hydrogen) atoms. The van der Waals surface area contributed by atoms with Crippen LogP contribution >= 0.6 is 11.3 Å². The van der Waals surface area contributed by atoms with Gasteiger partial charge >= 0.3 is 4.87 Å². The van der Waals surface area contributed by atoms with Gasteiger partial charge in [0.05, 0.1) is 11.9 Å². The zero-order chi connectivity index (χ0) is 17.8. The van der Waals surface area contributed by atoms with Gasteiger partial charge in [-0.2, -0.15) is 0 Å². The maximum Gasteiger partial charge on any atom is 0.307 e. The maximum atomic E-state index is 12.6. The number of carbonyl (C=O) groups is 1. The summed E-state index contributed by atoms with van der Waals surface area (Å²) in [6.07, 6.45) is 3.13. The number of H-pyrrole nitrogens is 1. The van der Waals surface area contributed by atoms with Crippen LogP contribution in [0.15, 0.2) is 17.1 Å². The summed E-state index contributed by atoms with van der Waals surface area (Å²) in [4.78, 5) is 38.2. The van der Waals surface area contributed by atoms with Gasteiger partial charge in [0.15, 0.2) is 0 Å². The lowest BCUT2D eigenvalue weighted by molar-refractivity contribution is -0.132. The van der Waals surface area contributed by atoms with Crippen molar-refractivity contribution in [1.82, 2.24) is 24.7 Å². The predicted octanol–water partition coefficient (Wildman–Crippen LogP) is 0.623. The normalized spacial score (nSPS) is 16.0. The number of aromatic amines is 1. The van der Waals surface area contributed by atoms with Crippen molar-refractivity contribution in [3.63, 3.8) is 0 Å². The number of piperazine rings is 1. The summed E-state index contributed by atoms with van der Waals surface area (Å²) in [5.41, 5.74) is 1.55. The predicted molar refractivity (Wildman–Crippen MR) is 100 cm³/mol. The second kappa shape index (κ2) is 8.07. The van der Waals surface area contributed by atoms with Gasteiger partial charge in [-0.15, -0.1) is 0 Å². The highest BCUT2D eigenvalue weighted by Gasteiger charge is 2.21. The zero-order valence-corrected chi connectivity index (χ0v) is 15.6. The summed E-state index contributed by atoms with van der Waals surface area (Å²) in [6, 6.07) is 1.82. The minimum Gasteiger partial charge on any atom is -0.340 e. The Morgan fingerprint density at radius 1 is 1.32 bits per heavy atom. The average Bonchev–Trinajstić information content (AvgIpc) is 2.96. The number of pyridine rings is 1. The van der Waals surface area contributed by atoms with Crippen LogP contribution in [0.4, 0.5) is 0 Å². The van der Waals surface area contributed by atoms with Gasteiger partial charge in [0, 0.05) is 32.4 Å². The number of thiazole rings is 1. The Morgan fingerprint density at radius 2 is 2.08 bits per heavy atom. The van der Waals surface area contributed by atoms with Crippen LogP contribution in [0.5, 0.6) is 0 Å². The van der Waals surface area contributed by atoms with E-state index in [0.29, 0.717) is 16.8 Å². The van der Waals surface area contributed by atoms with Crippen molar-refractivity contribution in [2.45, 2.75) is 12.8 Å². The molecule has 0 spiro atoms. The first-order valence-corrected chi connectivity index (χ1v) is 9.46. The first-order chi connectivity index (χ1) is 12.0. The van der Waals surface area contributed by atoms with E-state index < -0.39 is 0 Å². The van der Waals surface area contributed by atoms with Crippen LogP contribution in [-0.4, -0.2) is 83.9 Å². The van der Waals surface area contributed by atoms with E-state index in [1.165, 1.54) is 0 Å². The quantitative estimate of drug-likeness (QED) is 0.815. The number of rotatable bonds is 6. The van der Waals surface area contributed by atoms with Crippen molar-refractivity contribution in [2.24, 2.45) is 0 Å². The van der Waals surface area contributed by atoms with Crippen LogP contribution in [0, 0.1) is 0 Å². The van der Waals surface area contributed by atoms with Gasteiger partial charge in [-0.25, -0.2) is 4.98 Å². The summed E-state index contributed by atoms with van der Waals surface area (Å²) in [5, 5.41) is 0. The number of fused-ring (bicyclic) bond motifs is 1. The van der Waals surface area contributed by atoms with Crippen LogP contribution in [0.25, 0.3) is 10.3 Å². The minimum absolute atomic E-state index is 0.118. The molecule has 2 aromatic rings. The Morgan fingerprint density at radius 3 is 2.80 bits per heavy atom. The first kappa shape index (κ1) is 18.0. The van der Waals surface area contributed by atoms with E-state index in [-0.39, 0.29) is 10.8 Å². The zero-order valence-electron chi connectivity index (χ0n) is 14.8. The Hall–Kier alpha value is -1.77. The second-order valence-corrected chi connectivity index (χ2v) is 7.68. The van der Waals surface area contributed by atoms with E-state index in [0.717, 1.165) is 62.6 Å². The molecule has 136 valence electrons. The molecule has 0 aromatic carbocycles. The van der Waals surface area contributed by atoms with Crippen LogP contribution in [0.1, 0.15) is 12.0 Å². The molecule has 0 bridgehead atoms. The van der Waals surface area contributed by atoms with E-state index >= 15 is 0 Å². The Balaban J connectivity index is 1.53. The van der Waals surface area contributed by atoms with Crippen molar-refractivity contribution in [1.29, 1.82) is 0 Å². The van der Waals surface area contributed by atoms with Crippen molar-refractivity contribution in [3.8, 4) is 0 Å². The number of aromatic nitrogens is 2. The topological polar surface area (TPSA) is 72.5 Å². The third-order valence-corrected chi connectivity index (χ3v) is 5.36. The molecule has 1 amide bonds. The summed E-state index contributed by atoms with van der Waals surface area (Å²) in [6.45, 7) is 5.59. The average molecular weight is 363 g/mol. The summed E-state index contributed by atoms with van der Waals surface area (Å²) >= 11 is 1.08. The Kier molecular flexibility index (Phi) is 5.82. The summed E-state index contributed by atoms with van der Waals surface area (Å²) in [5.74, 6) is 0.118. The van der Waals surface area contributed by atoms with E-state index in [9.17, 15) is 9.59 Å². The lowest BCUT2D eigenvalue weighted by Gasteiger charge is -2.35. The lowest BCUT2D eigenvalue weighted by atomic mass is 10.1. The highest BCUT2D eigenvalue weighted by Crippen LogP contribution is 2.17. The SMILES string of the molecule is CN(C)CCCN1CCN(C(=O)Cc2ccnc3sc(=O)[nH]c23)CC1. The number of hydrogen-bond acceptors (Lipinski definition) is 6. The molecule has 1 aliphatic rings. The molecule has 1 N–H and O–H groups in total. The van der Waals surface area contributed by atoms with Crippen molar-refractivity contribution >= 4 is 27.6 Å². The molecule has 3 rings (SSSR count). The van der Waals surface area contributed by atoms with Crippen molar-refractivity contribution in [2.75, 3.05) is 53.4 Å². The highest BCUT2D eigenvalue weighted by atomic mass is 32.1. The third kappa shape index (κ3) is 4.65. The van der Waals surface area contributed by atoms with Gasteiger partial charge in [0.2, 0.25) is 5.91 Å². The lowest BCUT2D eigenvalue weighted by Crippen LogP contribution is -2.49. The monoisotopic (exact) mass is 363 g/mol. The maximum absolute atomic E-state index is 12.6. The fraction of sp³-hybridized carbons (Fsp3) is 0.588. The summed E-state index contributed by atoms with van der Waals surface area (Å²) < 4.78 is 0. The van der Waals surface area contributed by atoms with Crippen molar-refractivity contribution < 1.29 is 4.79 Å². The molecular weight excluding hydrogens is 338 g/mol. The Bertz CT molecular complexity index is 777. The molecule has 0 unspecified atom stereocenters. The molecule has 1 aliphatic heterocycles. The second-order valence-electron chi connectivity index (χ2n) is 6.72. The van der Waals surface area contributed by atoms with Crippen LogP contribution in [0.3, 0.4) is 0 Å². The standard InChI is InChI=1S/C17H25N5O2S/c1-20(2)6-3-7-21-8-10-22(11-9-21)14(23)12-13-4-5-18-16-15(13)19-17(24)25-16/h4-5H,3,6-12H2,1-2H3,(H,19,24). The van der Waals surface area contributed by atoms with Crippen LogP contribution in [0.2, 0.25) is 0 Å². The van der Waals surface area contributed by atoms with E-state index in [4.69, 9.17) is 0 Å². The Labute approximate surface area is 151 Å². The van der Waals surface area contributed by atoms with Gasteiger partial charge in [0.1, 0.15) is 4.83 Å². The van der Waals surface area contributed by atoms with Crippen molar-refractivity contribution in [3.05, 3.63) is 27.5 Å². The number of amides is 1. The third-order valence-electron chi connectivity index (χ3n) is 4.57. The molecule has 0 saturated carbocycles. The molecule has 1 fully saturated rings. The molecule has 3 heterocycles. The number of nitrogens with zero attached hydrogens (tertiary/aromatic N) is 4. The van der Waals surface area contributed by atoms with Gasteiger partial charge in [0.25, 0.3) is 0 Å². The van der Waals surface area contributed by atoms with E-state index in [1.807, 2.05) is 11.0 Å². The molecule has 2 aromatic heterocycles. The van der Waals surface area contributed by atoms with E-state index in [1.54, 1.807) is 6.20 Å². The molecule has 0 radical (unpaired) electrons. The first-order valence-electron chi connectivity index (χ1n) is 8.64. The van der Waals surface area contributed by atoms with Gasteiger partial charge in [-0.05, 0) is 45.2 Å². The minimum atomic E-state index is -0.131. The summed E-state index contributed by atoms with van der Waals surface area (Å²) in [7, 11) is 4.18. The van der Waals surface area contributed by atoms with Gasteiger partial charge < -0.3 is 14.8 Å². The molecule has 0 atom stereocenters. The number of nitrogens with one attached hydrogen (secondary N) is 1. The van der Waals surface area contributed by atoms with Crippen LogP contribution < -0.4 is 4.87 Å². The van der Waals surface area contributed by atoms with Gasteiger partial charge in [-0.3, -0.25) is 14.5 Å². The molecule has 8 heteroatoms. The van der Waals surface area contributed by atoms with Crippen LogP contribution in [-0.2, 0) is 11.2 Å². The number of hydrogen-bond donors (Lipinski definition) is 1. The molecule has 7 nitrogen and oxygen atoms in total. The van der Waals surface area contributed by atoms with Gasteiger partial charge in [-0.1, -0.05) is 11.3 Å². The fourth-order valence-corrected chi connectivity index (χ4v) is 3.89. The van der Waals surface area contributed by atoms with E-state index in [2.05, 4.69) is 33.9 Å². The number of carbonyl (C=O) groups excluding carboxylic acids is 1. The molecule has 0 aliphatic carbocycles. The molecule has 1 saturated heterocycles. The highest BCUT2D eigenvalue weighted by molar-refractivity contribution is 7.15. The largest absolute Gasteiger partial charge is 0.340 e. The fourth-order valence-electron chi connectivity index (χ4n) is 3.16.